The average molecular weight is 277 g/mol. The van der Waals surface area contributed by atoms with Gasteiger partial charge >= 0.3 is 0 Å². The molecule has 0 aromatic carbocycles. The number of fused-ring (bicyclic) bond motifs is 1. The van der Waals surface area contributed by atoms with E-state index in [4.69, 9.17) is 4.74 Å². The fourth-order valence-corrected chi connectivity index (χ4v) is 2.70. The molecule has 1 N–H and O–H groups in total. The van der Waals surface area contributed by atoms with Crippen LogP contribution in [-0.4, -0.2) is 32.6 Å². The molecular formula is C12H15N5OS. The van der Waals surface area contributed by atoms with Crippen molar-refractivity contribution in [2.45, 2.75) is 13.1 Å². The number of ether oxygens (including phenoxy) is 1. The number of thiazole rings is 1. The van der Waals surface area contributed by atoms with Gasteiger partial charge in [-0.05, 0) is 0 Å². The van der Waals surface area contributed by atoms with E-state index in [2.05, 4.69) is 19.7 Å². The summed E-state index contributed by atoms with van der Waals surface area (Å²) in [5.74, 6) is 0.696. The molecule has 100 valence electrons. The molecule has 0 aliphatic carbocycles. The first kappa shape index (κ1) is 12.2. The standard InChI is InChI=1S/C12H15N5OS/c1-18-11-10(17-6-7-19-12(17)15-11)8-13-2-4-16-5-3-14-9-16/h3,5-7,9,13H,2,4,8H2,1H3. The number of nitrogens with one attached hydrogen (secondary N) is 1. The molecule has 19 heavy (non-hydrogen) atoms. The lowest BCUT2D eigenvalue weighted by Gasteiger charge is -2.06. The molecule has 0 saturated heterocycles. The number of nitrogens with zero attached hydrogens (tertiary/aromatic N) is 4. The van der Waals surface area contributed by atoms with Crippen LogP contribution in [0.15, 0.2) is 30.3 Å². The Hall–Kier alpha value is -1.86. The molecule has 0 spiro atoms. The van der Waals surface area contributed by atoms with Crippen molar-refractivity contribution in [1.82, 2.24) is 24.3 Å². The lowest BCUT2D eigenvalue weighted by Crippen LogP contribution is -2.20. The summed E-state index contributed by atoms with van der Waals surface area (Å²) in [5, 5.41) is 5.42. The van der Waals surface area contributed by atoms with E-state index in [1.165, 1.54) is 0 Å². The van der Waals surface area contributed by atoms with Gasteiger partial charge in [0.2, 0.25) is 5.88 Å². The van der Waals surface area contributed by atoms with Gasteiger partial charge in [-0.1, -0.05) is 0 Å². The molecule has 0 radical (unpaired) electrons. The van der Waals surface area contributed by atoms with Crippen LogP contribution in [0.1, 0.15) is 5.69 Å². The van der Waals surface area contributed by atoms with Crippen molar-refractivity contribution in [2.75, 3.05) is 13.7 Å². The highest BCUT2D eigenvalue weighted by Crippen LogP contribution is 2.22. The highest BCUT2D eigenvalue weighted by atomic mass is 32.1. The number of rotatable bonds is 6. The fourth-order valence-electron chi connectivity index (χ4n) is 1.97. The molecule has 3 aromatic rings. The number of hydrogen-bond donors (Lipinski definition) is 1. The highest BCUT2D eigenvalue weighted by Gasteiger charge is 2.12. The molecule has 0 saturated carbocycles. The predicted molar refractivity (Wildman–Crippen MR) is 73.6 cm³/mol. The Balaban J connectivity index is 1.62. The minimum atomic E-state index is 0.696. The van der Waals surface area contributed by atoms with Gasteiger partial charge in [-0.3, -0.25) is 4.40 Å². The first-order valence-corrected chi connectivity index (χ1v) is 6.91. The van der Waals surface area contributed by atoms with Crippen LogP contribution in [0.25, 0.3) is 4.96 Å². The normalized spacial score (nSPS) is 11.2. The molecular weight excluding hydrogens is 262 g/mol. The third-order valence-corrected chi connectivity index (χ3v) is 3.67. The van der Waals surface area contributed by atoms with Crippen LogP contribution >= 0.6 is 11.3 Å². The molecule has 3 heterocycles. The maximum Gasteiger partial charge on any atom is 0.237 e. The molecule has 7 heteroatoms. The molecule has 3 rings (SSSR count). The molecule has 0 unspecified atom stereocenters. The predicted octanol–water partition coefficient (Wildman–Crippen LogP) is 1.39. The minimum absolute atomic E-state index is 0.696. The Kier molecular flexibility index (Phi) is 3.47. The van der Waals surface area contributed by atoms with E-state index in [1.807, 2.05) is 28.7 Å². The van der Waals surface area contributed by atoms with Crippen molar-refractivity contribution in [3.05, 3.63) is 36.0 Å². The summed E-state index contributed by atoms with van der Waals surface area (Å²) < 4.78 is 9.42. The Bertz CT molecular complexity index is 642. The summed E-state index contributed by atoms with van der Waals surface area (Å²) in [6.07, 6.45) is 7.58. The van der Waals surface area contributed by atoms with Crippen LogP contribution in [0.4, 0.5) is 0 Å². The summed E-state index contributed by atoms with van der Waals surface area (Å²) in [5.41, 5.74) is 1.06. The van der Waals surface area contributed by atoms with Gasteiger partial charge in [0, 0.05) is 43.6 Å². The Morgan fingerprint density at radius 1 is 1.42 bits per heavy atom. The van der Waals surface area contributed by atoms with Crippen LogP contribution in [0.2, 0.25) is 0 Å². The van der Waals surface area contributed by atoms with E-state index < -0.39 is 0 Å². The summed E-state index contributed by atoms with van der Waals surface area (Å²) in [6.45, 7) is 2.50. The first-order chi connectivity index (χ1) is 9.38. The molecule has 0 atom stereocenters. The summed E-state index contributed by atoms with van der Waals surface area (Å²) in [6, 6.07) is 0. The number of imidazole rings is 2. The number of aromatic nitrogens is 4. The molecule has 0 aliphatic heterocycles. The zero-order valence-corrected chi connectivity index (χ0v) is 11.4. The molecule has 6 nitrogen and oxygen atoms in total. The van der Waals surface area contributed by atoms with Crippen LogP contribution in [0.3, 0.4) is 0 Å². The van der Waals surface area contributed by atoms with Gasteiger partial charge in [0.1, 0.15) is 5.69 Å². The molecule has 3 aromatic heterocycles. The lowest BCUT2D eigenvalue weighted by atomic mass is 10.4. The number of hydrogen-bond acceptors (Lipinski definition) is 5. The van der Waals surface area contributed by atoms with Gasteiger partial charge in [0.15, 0.2) is 4.96 Å². The SMILES string of the molecule is COc1nc2sccn2c1CNCCn1ccnc1. The van der Waals surface area contributed by atoms with Crippen LogP contribution in [0.5, 0.6) is 5.88 Å². The zero-order valence-electron chi connectivity index (χ0n) is 10.6. The van der Waals surface area contributed by atoms with Crippen molar-refractivity contribution in [1.29, 1.82) is 0 Å². The second-order valence-electron chi connectivity index (χ2n) is 4.10. The molecule has 0 fully saturated rings. The minimum Gasteiger partial charge on any atom is -0.480 e. The molecule has 0 bridgehead atoms. The average Bonchev–Trinajstić information content (AvgIpc) is 3.12. The van der Waals surface area contributed by atoms with E-state index in [0.29, 0.717) is 5.88 Å². The van der Waals surface area contributed by atoms with Gasteiger partial charge in [-0.25, -0.2) is 4.98 Å². The topological polar surface area (TPSA) is 56.4 Å². The summed E-state index contributed by atoms with van der Waals surface area (Å²) in [7, 11) is 1.65. The third kappa shape index (κ3) is 2.47. The quantitative estimate of drug-likeness (QED) is 0.692. The van der Waals surface area contributed by atoms with Gasteiger partial charge in [0.25, 0.3) is 0 Å². The molecule has 0 amide bonds. The Morgan fingerprint density at radius 2 is 2.37 bits per heavy atom. The van der Waals surface area contributed by atoms with Gasteiger partial charge in [0.05, 0.1) is 13.4 Å². The van der Waals surface area contributed by atoms with E-state index >= 15 is 0 Å². The Labute approximate surface area is 114 Å². The van der Waals surface area contributed by atoms with Crippen molar-refractivity contribution in [3.63, 3.8) is 0 Å². The maximum absolute atomic E-state index is 5.31. The Morgan fingerprint density at radius 3 is 3.16 bits per heavy atom. The van der Waals surface area contributed by atoms with E-state index in [1.54, 1.807) is 24.6 Å². The van der Waals surface area contributed by atoms with Crippen LogP contribution in [-0.2, 0) is 13.1 Å². The van der Waals surface area contributed by atoms with Crippen molar-refractivity contribution >= 4 is 16.3 Å². The third-order valence-electron chi connectivity index (χ3n) is 2.92. The van der Waals surface area contributed by atoms with Crippen molar-refractivity contribution < 1.29 is 4.74 Å². The largest absolute Gasteiger partial charge is 0.480 e. The van der Waals surface area contributed by atoms with Crippen molar-refractivity contribution in [3.8, 4) is 5.88 Å². The van der Waals surface area contributed by atoms with E-state index in [-0.39, 0.29) is 0 Å². The lowest BCUT2D eigenvalue weighted by molar-refractivity contribution is 0.392. The van der Waals surface area contributed by atoms with Crippen molar-refractivity contribution in [2.24, 2.45) is 0 Å². The second kappa shape index (κ2) is 5.41. The smallest absolute Gasteiger partial charge is 0.237 e. The highest BCUT2D eigenvalue weighted by molar-refractivity contribution is 7.15. The summed E-state index contributed by atoms with van der Waals surface area (Å²) >= 11 is 1.61. The second-order valence-corrected chi connectivity index (χ2v) is 4.97. The summed E-state index contributed by atoms with van der Waals surface area (Å²) in [4.78, 5) is 9.40. The van der Waals surface area contributed by atoms with Gasteiger partial charge < -0.3 is 14.6 Å². The van der Waals surface area contributed by atoms with Gasteiger partial charge in [-0.15, -0.1) is 11.3 Å². The monoisotopic (exact) mass is 277 g/mol. The maximum atomic E-state index is 5.31. The first-order valence-electron chi connectivity index (χ1n) is 6.03. The van der Waals surface area contributed by atoms with Gasteiger partial charge in [-0.2, -0.15) is 4.98 Å². The van der Waals surface area contributed by atoms with E-state index in [9.17, 15) is 0 Å². The van der Waals surface area contributed by atoms with Crippen LogP contribution in [0, 0.1) is 0 Å². The van der Waals surface area contributed by atoms with Crippen LogP contribution < -0.4 is 10.1 Å². The van der Waals surface area contributed by atoms with E-state index in [0.717, 1.165) is 30.3 Å². The number of methoxy groups -OCH3 is 1. The fraction of sp³-hybridized carbons (Fsp3) is 0.333. The zero-order chi connectivity index (χ0) is 13.1. The molecule has 0 aliphatic rings.